The third-order valence-corrected chi connectivity index (χ3v) is 28.3. The fourth-order valence-electron chi connectivity index (χ4n) is 7.05. The van der Waals surface area contributed by atoms with E-state index in [1.807, 2.05) is 0 Å². The molecule has 0 fully saturated rings. The van der Waals surface area contributed by atoms with Crippen LogP contribution in [0.3, 0.4) is 0 Å². The molecule has 1 nitrogen and oxygen atoms in total. The maximum atomic E-state index is 7.06. The first-order chi connectivity index (χ1) is 22.9. The van der Waals surface area contributed by atoms with Crippen molar-refractivity contribution in [1.82, 2.24) is 0 Å². The summed E-state index contributed by atoms with van der Waals surface area (Å²) in [5.41, 5.74) is 0. The molecule has 0 aliphatic heterocycles. The van der Waals surface area contributed by atoms with Gasteiger partial charge in [0, 0.05) is 0 Å². The van der Waals surface area contributed by atoms with Crippen LogP contribution in [0.1, 0.15) is 11.5 Å². The zero-order valence-corrected chi connectivity index (χ0v) is 30.9. The summed E-state index contributed by atoms with van der Waals surface area (Å²) in [6, 6.07) is 69.9. The Kier molecular flexibility index (Phi) is 8.71. The zero-order chi connectivity index (χ0) is 32.3. The topological polar surface area (TPSA) is 13.1 Å². The average Bonchev–Trinajstić information content (AvgIpc) is 3.59. The van der Waals surface area contributed by atoms with Crippen molar-refractivity contribution < 1.29 is 4.42 Å². The van der Waals surface area contributed by atoms with Gasteiger partial charge in [0.05, 0.1) is 0 Å². The molecule has 0 unspecified atom stereocenters. The third-order valence-electron chi connectivity index (χ3n) is 9.39. The van der Waals surface area contributed by atoms with Gasteiger partial charge in [-0.1, -0.05) is 0 Å². The van der Waals surface area contributed by atoms with E-state index in [1.165, 1.54) is 31.8 Å². The minimum absolute atomic E-state index is 0.698. The summed E-state index contributed by atoms with van der Waals surface area (Å²) in [7, 11) is 0. The van der Waals surface area contributed by atoms with Crippen molar-refractivity contribution in [1.29, 1.82) is 0 Å². The Balaban J connectivity index is 1.42. The first kappa shape index (κ1) is 32.0. The molecule has 7 rings (SSSR count). The molecule has 47 heavy (non-hydrogen) atoms. The number of furan rings is 1. The Hall–Kier alpha value is -3.58. The van der Waals surface area contributed by atoms with Crippen LogP contribution in [0, 0.1) is 0 Å². The van der Waals surface area contributed by atoms with Crippen LogP contribution in [-0.4, -0.2) is 0 Å². The van der Waals surface area contributed by atoms with Gasteiger partial charge in [0.2, 0.25) is 0 Å². The number of hydrogen-bond acceptors (Lipinski definition) is 1. The summed E-state index contributed by atoms with van der Waals surface area (Å²) < 4.78 is 7.06. The Morgan fingerprint density at radius 3 is 0.681 bits per heavy atom. The van der Waals surface area contributed by atoms with Crippen LogP contribution in [0.25, 0.3) is 0 Å². The quantitative estimate of drug-likeness (QED) is 0.126. The van der Waals surface area contributed by atoms with Gasteiger partial charge in [0.25, 0.3) is 0 Å². The fourth-order valence-corrected chi connectivity index (χ4v) is 21.9. The van der Waals surface area contributed by atoms with E-state index in [-0.39, 0.29) is 0 Å². The van der Waals surface area contributed by atoms with Crippen molar-refractivity contribution in [3.05, 3.63) is 206 Å². The molecule has 7 aromatic rings. The predicted octanol–water partition coefficient (Wildman–Crippen LogP) is 9.96. The first-order valence-corrected chi connectivity index (χ1v) is 24.7. The van der Waals surface area contributed by atoms with Crippen LogP contribution in [0.5, 0.6) is 0 Å². The van der Waals surface area contributed by atoms with Gasteiger partial charge in [0.1, 0.15) is 0 Å². The SMILES string of the molecule is BrP(Cc1ccc(CP(Br)(c2ccccc2)(c2ccccc2)c2ccccc2)o1)(c1ccccc1)(c1ccccc1)c1ccccc1. The summed E-state index contributed by atoms with van der Waals surface area (Å²) in [5, 5.41) is 1.16. The van der Waals surface area contributed by atoms with Crippen LogP contribution in [0.4, 0.5) is 0 Å². The second kappa shape index (κ2) is 12.8. The maximum absolute atomic E-state index is 7.06. The third kappa shape index (κ3) is 5.39. The Morgan fingerprint density at radius 2 is 0.489 bits per heavy atom. The summed E-state index contributed by atoms with van der Waals surface area (Å²) in [6.45, 7) is 0. The average molecular weight is 779 g/mol. The van der Waals surface area contributed by atoms with Crippen LogP contribution < -0.4 is 31.8 Å². The molecule has 0 amide bonds. The Morgan fingerprint density at radius 1 is 0.298 bits per heavy atom. The van der Waals surface area contributed by atoms with Gasteiger partial charge >= 0.3 is 296 Å². The van der Waals surface area contributed by atoms with Crippen LogP contribution in [0.15, 0.2) is 199 Å². The molecule has 0 saturated carbocycles. The molecule has 1 aromatic heterocycles. The van der Waals surface area contributed by atoms with E-state index in [0.717, 1.165) is 11.5 Å². The van der Waals surface area contributed by atoms with E-state index in [1.54, 1.807) is 0 Å². The summed E-state index contributed by atoms with van der Waals surface area (Å²) >= 11 is 9.23. The van der Waals surface area contributed by atoms with Crippen LogP contribution >= 0.6 is 41.6 Å². The Labute approximate surface area is 294 Å². The molecular weight excluding hydrogens is 742 g/mol. The van der Waals surface area contributed by atoms with Gasteiger partial charge in [0.15, 0.2) is 0 Å². The zero-order valence-electron chi connectivity index (χ0n) is 25.9. The summed E-state index contributed by atoms with van der Waals surface area (Å²) in [6.07, 6.45) is 1.40. The second-order valence-electron chi connectivity index (χ2n) is 12.1. The van der Waals surface area contributed by atoms with Crippen molar-refractivity contribution in [2.45, 2.75) is 12.3 Å². The summed E-state index contributed by atoms with van der Waals surface area (Å²) in [4.78, 5) is 0. The predicted molar refractivity (Wildman–Crippen MR) is 214 cm³/mol. The fraction of sp³-hybridized carbons (Fsp3) is 0.0476. The van der Waals surface area contributed by atoms with E-state index in [9.17, 15) is 0 Å². The van der Waals surface area contributed by atoms with Gasteiger partial charge in [-0.3, -0.25) is 0 Å². The van der Waals surface area contributed by atoms with Crippen LogP contribution in [0.2, 0.25) is 0 Å². The van der Waals surface area contributed by atoms with Gasteiger partial charge in [-0.15, -0.1) is 0 Å². The molecule has 6 aromatic carbocycles. The molecule has 0 aliphatic rings. The van der Waals surface area contributed by atoms with E-state index in [0.29, 0.717) is 12.3 Å². The molecule has 0 bridgehead atoms. The van der Waals surface area contributed by atoms with Gasteiger partial charge in [-0.05, 0) is 0 Å². The number of benzene rings is 6. The Bertz CT molecular complexity index is 1720. The number of halogens is 2. The van der Waals surface area contributed by atoms with E-state index in [2.05, 4.69) is 225 Å². The summed E-state index contributed by atoms with van der Waals surface area (Å²) in [5.74, 6) is 1.91. The minimum atomic E-state index is -3.23. The van der Waals surface area contributed by atoms with Gasteiger partial charge in [-0.25, -0.2) is 0 Å². The van der Waals surface area contributed by atoms with E-state index < -0.39 is 10.6 Å². The molecule has 234 valence electrons. The van der Waals surface area contributed by atoms with Gasteiger partial charge < -0.3 is 0 Å². The molecule has 0 spiro atoms. The molecular formula is C42H36Br2OP2. The van der Waals surface area contributed by atoms with Crippen molar-refractivity contribution >= 4 is 73.4 Å². The monoisotopic (exact) mass is 776 g/mol. The van der Waals surface area contributed by atoms with Crippen molar-refractivity contribution in [2.24, 2.45) is 0 Å². The molecule has 0 atom stereocenters. The molecule has 1 heterocycles. The standard InChI is InChI=1S/C42H36Br2OP2/c43-46(37-19-7-1-8-20-37,38-21-9-2-10-22-38,39-23-11-3-12-24-39)33-35-31-32-36(45-35)34-47(44,40-25-13-4-14-26-40,41-27-15-5-16-28-41)42-29-17-6-18-30-42/h1-32H,33-34H2. The second-order valence-corrected chi connectivity index (χ2v) is 29.9. The number of rotatable bonds is 10. The molecule has 0 N–H and O–H groups in total. The van der Waals surface area contributed by atoms with Crippen LogP contribution in [-0.2, 0) is 12.3 Å². The first-order valence-electron chi connectivity index (χ1n) is 15.8. The van der Waals surface area contributed by atoms with Crippen molar-refractivity contribution in [3.63, 3.8) is 0 Å². The molecule has 0 aliphatic carbocycles. The normalized spacial score (nSPS) is 13.6. The molecule has 0 saturated heterocycles. The van der Waals surface area contributed by atoms with E-state index >= 15 is 0 Å². The molecule has 5 heteroatoms. The molecule has 0 radical (unpaired) electrons. The van der Waals surface area contributed by atoms with Crippen molar-refractivity contribution in [3.8, 4) is 0 Å². The van der Waals surface area contributed by atoms with Crippen molar-refractivity contribution in [2.75, 3.05) is 0 Å². The van der Waals surface area contributed by atoms with Gasteiger partial charge in [-0.2, -0.15) is 0 Å². The number of hydrogen-bond donors (Lipinski definition) is 0. The van der Waals surface area contributed by atoms with E-state index in [4.69, 9.17) is 4.42 Å².